The maximum Gasteiger partial charge on any atom is 0.225 e. The molecule has 0 spiro atoms. The fraction of sp³-hybridized carbons (Fsp3) is 0.522. The van der Waals surface area contributed by atoms with Crippen LogP contribution in [0.2, 0.25) is 0 Å². The number of carbonyl (C=O) groups is 1. The molecule has 0 N–H and O–H groups in total. The van der Waals surface area contributed by atoms with Crippen LogP contribution in [0.15, 0.2) is 41.1 Å². The van der Waals surface area contributed by atoms with Crippen molar-refractivity contribution in [2.24, 2.45) is 11.8 Å². The highest BCUT2D eigenvalue weighted by atomic mass is 32.1. The normalized spacial score (nSPS) is 28.2. The van der Waals surface area contributed by atoms with E-state index in [0.717, 1.165) is 51.0 Å². The number of halogens is 1. The molecule has 148 valence electrons. The molecule has 0 bridgehead atoms. The number of hydrogen-bond acceptors (Lipinski definition) is 3. The number of carbonyl (C=O) groups excluding carboxylic acids is 1. The minimum atomic E-state index is -0.180. The Morgan fingerprint density at radius 1 is 1.11 bits per heavy atom. The van der Waals surface area contributed by atoms with Crippen molar-refractivity contribution in [1.82, 2.24) is 9.80 Å². The van der Waals surface area contributed by atoms with E-state index in [4.69, 9.17) is 0 Å². The molecule has 2 aliphatic heterocycles. The number of hydrogen-bond donors (Lipinski definition) is 0. The average Bonchev–Trinajstić information content (AvgIpc) is 3.29. The number of likely N-dealkylation sites (tertiary alicyclic amines) is 2. The lowest BCUT2D eigenvalue weighted by atomic mass is 9.82. The van der Waals surface area contributed by atoms with E-state index in [0.29, 0.717) is 23.8 Å². The Bertz CT molecular complexity index is 818. The van der Waals surface area contributed by atoms with Crippen LogP contribution in [0.3, 0.4) is 0 Å². The fourth-order valence-corrected chi connectivity index (χ4v) is 6.00. The number of nitrogens with zero attached hydrogens (tertiary/aromatic N) is 2. The highest BCUT2D eigenvalue weighted by Gasteiger charge is 2.48. The van der Waals surface area contributed by atoms with Crippen LogP contribution < -0.4 is 0 Å². The maximum absolute atomic E-state index is 13.2. The molecule has 0 radical (unpaired) electrons. The van der Waals surface area contributed by atoms with Crippen molar-refractivity contribution < 1.29 is 9.18 Å². The second-order valence-electron chi connectivity index (χ2n) is 8.66. The van der Waals surface area contributed by atoms with Gasteiger partial charge in [-0.3, -0.25) is 9.69 Å². The molecule has 3 atom stereocenters. The Kier molecular flexibility index (Phi) is 4.97. The first kappa shape index (κ1) is 18.3. The molecule has 1 amide bonds. The molecule has 5 heteroatoms. The predicted octanol–water partition coefficient (Wildman–Crippen LogP) is 4.50. The summed E-state index contributed by atoms with van der Waals surface area (Å²) in [4.78, 5) is 17.8. The Labute approximate surface area is 170 Å². The Hall–Kier alpha value is -1.72. The quantitative estimate of drug-likeness (QED) is 0.757. The third kappa shape index (κ3) is 3.39. The summed E-state index contributed by atoms with van der Waals surface area (Å²) in [6.45, 7) is 3.75. The van der Waals surface area contributed by atoms with Crippen LogP contribution in [0.1, 0.15) is 42.7 Å². The predicted molar refractivity (Wildman–Crippen MR) is 110 cm³/mol. The van der Waals surface area contributed by atoms with Gasteiger partial charge in [0.1, 0.15) is 5.82 Å². The number of fused-ring (bicyclic) bond motifs is 1. The van der Waals surface area contributed by atoms with Crippen molar-refractivity contribution in [3.8, 4) is 0 Å². The second-order valence-corrected chi connectivity index (χ2v) is 9.44. The van der Waals surface area contributed by atoms with E-state index < -0.39 is 0 Å². The van der Waals surface area contributed by atoms with E-state index in [2.05, 4.69) is 26.6 Å². The van der Waals surface area contributed by atoms with Crippen LogP contribution in [0, 0.1) is 17.7 Å². The summed E-state index contributed by atoms with van der Waals surface area (Å²) in [6, 6.07) is 9.48. The summed E-state index contributed by atoms with van der Waals surface area (Å²) in [7, 11) is 0. The van der Waals surface area contributed by atoms with Crippen molar-refractivity contribution in [3.63, 3.8) is 0 Å². The van der Waals surface area contributed by atoms with Crippen molar-refractivity contribution in [1.29, 1.82) is 0 Å². The molecule has 5 rings (SSSR count). The minimum Gasteiger partial charge on any atom is -0.338 e. The second kappa shape index (κ2) is 7.60. The smallest absolute Gasteiger partial charge is 0.225 e. The zero-order valence-corrected chi connectivity index (χ0v) is 16.9. The van der Waals surface area contributed by atoms with Gasteiger partial charge in [-0.2, -0.15) is 11.3 Å². The van der Waals surface area contributed by atoms with Gasteiger partial charge in [0.2, 0.25) is 5.91 Å². The van der Waals surface area contributed by atoms with E-state index in [9.17, 15) is 9.18 Å². The monoisotopic (exact) mass is 398 g/mol. The molecule has 1 aromatic heterocycles. The first-order valence-corrected chi connectivity index (χ1v) is 11.4. The van der Waals surface area contributed by atoms with Gasteiger partial charge in [0.05, 0.1) is 0 Å². The van der Waals surface area contributed by atoms with Crippen LogP contribution in [0.5, 0.6) is 0 Å². The standard InChI is InChI=1S/C23H27FN2OS/c24-19-6-4-16(5-7-19)12-25-10-8-22-21(13-25)20(18-9-11-28-15-18)14-26(22)23(27)17-2-1-3-17/h4-7,9,11,15,17,20-22H,1-3,8,10,12-14H2/t20-,21-,22-/m0/s1. The van der Waals surface area contributed by atoms with Gasteiger partial charge < -0.3 is 4.90 Å². The molecule has 3 fully saturated rings. The zero-order chi connectivity index (χ0) is 19.1. The zero-order valence-electron chi connectivity index (χ0n) is 16.1. The van der Waals surface area contributed by atoms with Crippen LogP contribution in [-0.2, 0) is 11.3 Å². The number of amides is 1. The van der Waals surface area contributed by atoms with E-state index in [1.165, 1.54) is 12.0 Å². The van der Waals surface area contributed by atoms with Gasteiger partial charge >= 0.3 is 0 Å². The average molecular weight is 399 g/mol. The summed E-state index contributed by atoms with van der Waals surface area (Å²) in [5.41, 5.74) is 2.56. The van der Waals surface area contributed by atoms with Crippen LogP contribution in [-0.4, -0.2) is 41.4 Å². The minimum absolute atomic E-state index is 0.180. The van der Waals surface area contributed by atoms with Gasteiger partial charge in [-0.25, -0.2) is 4.39 Å². The van der Waals surface area contributed by atoms with Crippen molar-refractivity contribution in [2.75, 3.05) is 19.6 Å². The Morgan fingerprint density at radius 3 is 2.61 bits per heavy atom. The van der Waals surface area contributed by atoms with Gasteiger partial charge in [-0.15, -0.1) is 0 Å². The van der Waals surface area contributed by atoms with Crippen LogP contribution >= 0.6 is 11.3 Å². The molecule has 3 nitrogen and oxygen atoms in total. The third-order valence-electron chi connectivity index (χ3n) is 7.04. The van der Waals surface area contributed by atoms with Crippen LogP contribution in [0.4, 0.5) is 4.39 Å². The van der Waals surface area contributed by atoms with E-state index >= 15 is 0 Å². The summed E-state index contributed by atoms with van der Waals surface area (Å²) in [5, 5.41) is 4.41. The number of piperidine rings is 1. The molecular weight excluding hydrogens is 371 g/mol. The molecule has 2 aromatic rings. The first-order valence-electron chi connectivity index (χ1n) is 10.5. The highest BCUT2D eigenvalue weighted by molar-refractivity contribution is 7.08. The number of rotatable bonds is 4. The lowest BCUT2D eigenvalue weighted by Crippen LogP contribution is -2.49. The molecular formula is C23H27FN2OS. The van der Waals surface area contributed by atoms with Crippen molar-refractivity contribution in [3.05, 3.63) is 58.0 Å². The van der Waals surface area contributed by atoms with Gasteiger partial charge in [0, 0.05) is 50.0 Å². The number of thiophene rings is 1. The lowest BCUT2D eigenvalue weighted by Gasteiger charge is -2.40. The molecule has 1 saturated carbocycles. The maximum atomic E-state index is 13.2. The summed E-state index contributed by atoms with van der Waals surface area (Å²) < 4.78 is 13.2. The molecule has 28 heavy (non-hydrogen) atoms. The molecule has 3 aliphatic rings. The molecule has 1 aliphatic carbocycles. The van der Waals surface area contributed by atoms with Gasteiger partial charge in [0.25, 0.3) is 0 Å². The SMILES string of the molecule is O=C(C1CCC1)N1C[C@@H](c2ccsc2)[C@@H]2CN(Cc3ccc(F)cc3)CC[C@@H]21. The summed E-state index contributed by atoms with van der Waals surface area (Å²) >= 11 is 1.75. The molecule has 1 aromatic carbocycles. The van der Waals surface area contributed by atoms with Gasteiger partial charge in [0.15, 0.2) is 0 Å². The van der Waals surface area contributed by atoms with Gasteiger partial charge in [-0.05, 0) is 59.3 Å². The van der Waals surface area contributed by atoms with E-state index in [-0.39, 0.29) is 11.7 Å². The summed E-state index contributed by atoms with van der Waals surface area (Å²) in [5.74, 6) is 1.44. The van der Waals surface area contributed by atoms with E-state index in [1.54, 1.807) is 23.5 Å². The Morgan fingerprint density at radius 2 is 1.93 bits per heavy atom. The fourth-order valence-electron chi connectivity index (χ4n) is 5.28. The van der Waals surface area contributed by atoms with E-state index in [1.807, 2.05) is 12.1 Å². The largest absolute Gasteiger partial charge is 0.338 e. The Balaban J connectivity index is 1.34. The first-order chi connectivity index (χ1) is 13.7. The summed E-state index contributed by atoms with van der Waals surface area (Å²) in [6.07, 6.45) is 4.40. The molecule has 0 unspecified atom stereocenters. The third-order valence-corrected chi connectivity index (χ3v) is 7.74. The molecule has 3 heterocycles. The van der Waals surface area contributed by atoms with Crippen LogP contribution in [0.25, 0.3) is 0 Å². The van der Waals surface area contributed by atoms with Crippen molar-refractivity contribution in [2.45, 2.75) is 44.2 Å². The number of benzene rings is 1. The lowest BCUT2D eigenvalue weighted by molar-refractivity contribution is -0.140. The highest BCUT2D eigenvalue weighted by Crippen LogP contribution is 2.44. The van der Waals surface area contributed by atoms with Crippen molar-refractivity contribution >= 4 is 17.2 Å². The van der Waals surface area contributed by atoms with Gasteiger partial charge in [-0.1, -0.05) is 18.6 Å². The topological polar surface area (TPSA) is 23.6 Å². The molecule has 2 saturated heterocycles.